The van der Waals surface area contributed by atoms with Crippen molar-refractivity contribution in [2.24, 2.45) is 0 Å². The summed E-state index contributed by atoms with van der Waals surface area (Å²) in [6, 6.07) is 8.50. The van der Waals surface area contributed by atoms with Gasteiger partial charge < -0.3 is 25.2 Å². The number of halogens is 2. The van der Waals surface area contributed by atoms with Crippen molar-refractivity contribution >= 4 is 68.0 Å². The Hall–Kier alpha value is -1.98. The molecule has 2 saturated heterocycles. The minimum absolute atomic E-state index is 0.0192. The molecular formula is C20H20BrClN4O4S. The summed E-state index contributed by atoms with van der Waals surface area (Å²) < 4.78 is 5.99. The molecule has 4 rings (SSSR count). The summed E-state index contributed by atoms with van der Waals surface area (Å²) in [6.07, 6.45) is 0. The minimum Gasteiger partial charge on any atom is -0.370 e. The van der Waals surface area contributed by atoms with Crippen molar-refractivity contribution in [3.63, 3.8) is 0 Å². The van der Waals surface area contributed by atoms with E-state index in [1.165, 1.54) is 11.3 Å². The number of rotatable bonds is 5. The second-order valence-electron chi connectivity index (χ2n) is 7.53. The molecule has 1 aromatic heterocycles. The zero-order chi connectivity index (χ0) is 22.2. The van der Waals surface area contributed by atoms with Crippen LogP contribution in [0.1, 0.15) is 9.67 Å². The smallest absolute Gasteiger partial charge is 0.262 e. The lowest BCUT2D eigenvalue weighted by Crippen LogP contribution is -2.74. The van der Waals surface area contributed by atoms with E-state index in [0.29, 0.717) is 47.5 Å². The Morgan fingerprint density at radius 3 is 2.65 bits per heavy atom. The fraction of sp³-hybridized carbons (Fsp3) is 0.350. The molecule has 3 amide bonds. The minimum atomic E-state index is -1.03. The standard InChI is InChI=1S/C20H20BrClN4O4S/c1-25-10-20(11-25,24-18(28)15-4-5-16(21)31-15)19(29)23-12-2-3-14(13(22)8-12)26-6-7-30-9-17(26)27/h2-5,8H,6-7,9-11H2,1H3,(H,23,29)(H,24,28). The quantitative estimate of drug-likeness (QED) is 0.624. The van der Waals surface area contributed by atoms with Gasteiger partial charge in [0, 0.05) is 25.3 Å². The summed E-state index contributed by atoms with van der Waals surface area (Å²) in [5, 5.41) is 6.09. The van der Waals surface area contributed by atoms with Gasteiger partial charge in [0.15, 0.2) is 0 Å². The number of nitrogens with zero attached hydrogens (tertiary/aromatic N) is 2. The summed E-state index contributed by atoms with van der Waals surface area (Å²) in [4.78, 5) is 41.9. The molecule has 31 heavy (non-hydrogen) atoms. The Morgan fingerprint density at radius 2 is 2.03 bits per heavy atom. The highest BCUT2D eigenvalue weighted by molar-refractivity contribution is 9.11. The first kappa shape index (κ1) is 22.2. The highest BCUT2D eigenvalue weighted by Crippen LogP contribution is 2.31. The maximum absolute atomic E-state index is 13.1. The van der Waals surface area contributed by atoms with Crippen molar-refractivity contribution < 1.29 is 19.1 Å². The van der Waals surface area contributed by atoms with E-state index in [9.17, 15) is 14.4 Å². The Labute approximate surface area is 196 Å². The van der Waals surface area contributed by atoms with Crippen LogP contribution in [-0.4, -0.2) is 68.1 Å². The number of likely N-dealkylation sites (N-methyl/N-ethyl adjacent to an activating group) is 1. The van der Waals surface area contributed by atoms with E-state index in [4.69, 9.17) is 16.3 Å². The Kier molecular flexibility index (Phi) is 6.36. The van der Waals surface area contributed by atoms with Crippen molar-refractivity contribution in [2.75, 3.05) is 50.1 Å². The van der Waals surface area contributed by atoms with E-state index in [-0.39, 0.29) is 24.3 Å². The van der Waals surface area contributed by atoms with Crippen LogP contribution in [0.25, 0.3) is 0 Å². The van der Waals surface area contributed by atoms with Crippen molar-refractivity contribution in [3.8, 4) is 0 Å². The Bertz CT molecular complexity index is 1040. The van der Waals surface area contributed by atoms with Crippen LogP contribution in [0, 0.1) is 0 Å². The highest BCUT2D eigenvalue weighted by Gasteiger charge is 2.49. The molecule has 2 aliphatic heterocycles. The van der Waals surface area contributed by atoms with Crippen LogP contribution in [0.4, 0.5) is 11.4 Å². The number of likely N-dealkylation sites (tertiary alicyclic amines) is 1. The monoisotopic (exact) mass is 526 g/mol. The molecule has 2 N–H and O–H groups in total. The molecule has 0 aliphatic carbocycles. The molecule has 0 unspecified atom stereocenters. The van der Waals surface area contributed by atoms with Gasteiger partial charge in [-0.3, -0.25) is 14.4 Å². The number of hydrogen-bond donors (Lipinski definition) is 2. The summed E-state index contributed by atoms with van der Waals surface area (Å²) in [7, 11) is 1.88. The van der Waals surface area contributed by atoms with Crippen LogP contribution in [0.2, 0.25) is 5.02 Å². The van der Waals surface area contributed by atoms with Crippen molar-refractivity contribution in [2.45, 2.75) is 5.54 Å². The van der Waals surface area contributed by atoms with Gasteiger partial charge in [0.2, 0.25) is 0 Å². The second-order valence-corrected chi connectivity index (χ2v) is 10.4. The Balaban J connectivity index is 1.48. The zero-order valence-corrected chi connectivity index (χ0v) is 19.8. The van der Waals surface area contributed by atoms with Gasteiger partial charge in [-0.1, -0.05) is 11.6 Å². The average Bonchev–Trinajstić information content (AvgIpc) is 3.14. The number of nitrogens with one attached hydrogen (secondary N) is 2. The van der Waals surface area contributed by atoms with E-state index in [2.05, 4.69) is 26.6 Å². The fourth-order valence-corrected chi connectivity index (χ4v) is 5.26. The fourth-order valence-electron chi connectivity index (χ4n) is 3.70. The summed E-state index contributed by atoms with van der Waals surface area (Å²) in [5.74, 6) is -0.775. The van der Waals surface area contributed by atoms with Gasteiger partial charge in [0.05, 0.1) is 26.0 Å². The molecule has 0 atom stereocenters. The lowest BCUT2D eigenvalue weighted by atomic mass is 9.88. The molecule has 2 aromatic rings. The van der Waals surface area contributed by atoms with Gasteiger partial charge in [0.1, 0.15) is 12.1 Å². The molecule has 1 aromatic carbocycles. The van der Waals surface area contributed by atoms with E-state index < -0.39 is 5.54 Å². The molecule has 3 heterocycles. The highest BCUT2D eigenvalue weighted by atomic mass is 79.9. The van der Waals surface area contributed by atoms with Gasteiger partial charge in [-0.15, -0.1) is 11.3 Å². The maximum atomic E-state index is 13.1. The molecule has 0 bridgehead atoms. The number of anilines is 2. The number of carbonyl (C=O) groups is 3. The van der Waals surface area contributed by atoms with Crippen LogP contribution >= 0.6 is 38.9 Å². The largest absolute Gasteiger partial charge is 0.370 e. The number of amides is 3. The second kappa shape index (κ2) is 8.87. The molecule has 0 radical (unpaired) electrons. The first-order valence-electron chi connectivity index (χ1n) is 9.53. The van der Waals surface area contributed by atoms with Gasteiger partial charge in [-0.05, 0) is 53.3 Å². The van der Waals surface area contributed by atoms with Crippen molar-refractivity contribution in [1.29, 1.82) is 0 Å². The molecule has 2 aliphatic rings. The van der Waals surface area contributed by atoms with E-state index in [0.717, 1.165) is 3.79 Å². The third-order valence-corrected chi connectivity index (χ3v) is 7.07. The molecule has 164 valence electrons. The van der Waals surface area contributed by atoms with E-state index in [1.807, 2.05) is 11.9 Å². The third kappa shape index (κ3) is 4.63. The first-order chi connectivity index (χ1) is 14.8. The molecule has 0 spiro atoms. The first-order valence-corrected chi connectivity index (χ1v) is 11.5. The topological polar surface area (TPSA) is 91.0 Å². The molecular weight excluding hydrogens is 508 g/mol. The molecule has 2 fully saturated rings. The van der Waals surface area contributed by atoms with Gasteiger partial charge in [-0.2, -0.15) is 0 Å². The average molecular weight is 528 g/mol. The Morgan fingerprint density at radius 1 is 1.26 bits per heavy atom. The van der Waals surface area contributed by atoms with Crippen LogP contribution in [0.3, 0.4) is 0 Å². The lowest BCUT2D eigenvalue weighted by Gasteiger charge is -2.47. The predicted octanol–water partition coefficient (Wildman–Crippen LogP) is 2.58. The van der Waals surface area contributed by atoms with Crippen LogP contribution in [0.15, 0.2) is 34.1 Å². The SMILES string of the molecule is CN1CC(NC(=O)c2ccc(Br)s2)(C(=O)Nc2ccc(N3CCOCC3=O)c(Cl)c2)C1. The number of carbonyl (C=O) groups excluding carboxylic acids is 3. The van der Waals surface area contributed by atoms with Crippen LogP contribution in [-0.2, 0) is 14.3 Å². The van der Waals surface area contributed by atoms with Gasteiger partial charge in [-0.25, -0.2) is 0 Å². The number of ether oxygens (including phenoxy) is 1. The number of benzene rings is 1. The van der Waals surface area contributed by atoms with Crippen molar-refractivity contribution in [3.05, 3.63) is 44.0 Å². The summed E-state index contributed by atoms with van der Waals surface area (Å²) in [6.45, 7) is 1.67. The van der Waals surface area contributed by atoms with Gasteiger partial charge >= 0.3 is 0 Å². The zero-order valence-electron chi connectivity index (χ0n) is 16.6. The van der Waals surface area contributed by atoms with Crippen molar-refractivity contribution in [1.82, 2.24) is 10.2 Å². The lowest BCUT2D eigenvalue weighted by molar-refractivity contribution is -0.128. The maximum Gasteiger partial charge on any atom is 0.262 e. The van der Waals surface area contributed by atoms with Crippen LogP contribution in [0.5, 0.6) is 0 Å². The number of thiophene rings is 1. The molecule has 0 saturated carbocycles. The predicted molar refractivity (Wildman–Crippen MR) is 123 cm³/mol. The summed E-state index contributed by atoms with van der Waals surface area (Å²) >= 11 is 11.0. The van der Waals surface area contributed by atoms with E-state index >= 15 is 0 Å². The summed E-state index contributed by atoms with van der Waals surface area (Å²) in [5.41, 5.74) is 0.0253. The number of hydrogen-bond acceptors (Lipinski definition) is 6. The molecule has 11 heteroatoms. The molecule has 8 nitrogen and oxygen atoms in total. The number of morpholine rings is 1. The van der Waals surface area contributed by atoms with Gasteiger partial charge in [0.25, 0.3) is 17.7 Å². The van der Waals surface area contributed by atoms with Crippen LogP contribution < -0.4 is 15.5 Å². The van der Waals surface area contributed by atoms with E-state index in [1.54, 1.807) is 35.2 Å². The normalized spacial score (nSPS) is 18.4. The third-order valence-electron chi connectivity index (χ3n) is 5.15.